The Labute approximate surface area is 133 Å². The molecule has 1 aromatic heterocycles. The van der Waals surface area contributed by atoms with Gasteiger partial charge in [-0.2, -0.15) is 0 Å². The summed E-state index contributed by atoms with van der Waals surface area (Å²) in [6.07, 6.45) is 6.72. The fourth-order valence-electron chi connectivity index (χ4n) is 3.08. The van der Waals surface area contributed by atoms with Crippen molar-refractivity contribution < 1.29 is 5.11 Å². The highest BCUT2D eigenvalue weighted by Crippen LogP contribution is 2.23. The third-order valence-electron chi connectivity index (χ3n) is 3.89. The second kappa shape index (κ2) is 7.85. The summed E-state index contributed by atoms with van der Waals surface area (Å²) in [7, 11) is 4.01. The molecule has 0 radical (unpaired) electrons. The molecule has 1 saturated heterocycles. The van der Waals surface area contributed by atoms with E-state index in [1.165, 1.54) is 0 Å². The number of hydrogen-bond acceptors (Lipinski definition) is 6. The second-order valence-electron chi connectivity index (χ2n) is 6.62. The third-order valence-corrected chi connectivity index (χ3v) is 3.89. The van der Waals surface area contributed by atoms with E-state index in [-0.39, 0.29) is 0 Å². The average Bonchev–Trinajstić information content (AvgIpc) is 2.45. The van der Waals surface area contributed by atoms with Crippen LogP contribution in [-0.4, -0.2) is 70.7 Å². The Balaban J connectivity index is 1.89. The zero-order chi connectivity index (χ0) is 16.0. The molecule has 1 fully saturated rings. The Morgan fingerprint density at radius 3 is 2.73 bits per heavy atom. The summed E-state index contributed by atoms with van der Waals surface area (Å²) in [6, 6.07) is 0. The van der Waals surface area contributed by atoms with Crippen molar-refractivity contribution in [2.75, 3.05) is 45.6 Å². The van der Waals surface area contributed by atoms with E-state index >= 15 is 0 Å². The van der Waals surface area contributed by atoms with Crippen molar-refractivity contribution in [1.82, 2.24) is 19.8 Å². The van der Waals surface area contributed by atoms with Crippen LogP contribution in [0.4, 0.5) is 5.95 Å². The van der Waals surface area contributed by atoms with Gasteiger partial charge in [0.15, 0.2) is 0 Å². The molecule has 22 heavy (non-hydrogen) atoms. The van der Waals surface area contributed by atoms with E-state index in [0.29, 0.717) is 19.0 Å². The molecule has 1 atom stereocenters. The van der Waals surface area contributed by atoms with E-state index in [4.69, 9.17) is 0 Å². The van der Waals surface area contributed by atoms with Gasteiger partial charge in [0.25, 0.3) is 0 Å². The molecule has 0 spiro atoms. The van der Waals surface area contributed by atoms with Gasteiger partial charge in [0, 0.05) is 44.1 Å². The predicted octanol–water partition coefficient (Wildman–Crippen LogP) is 1.19. The van der Waals surface area contributed by atoms with Gasteiger partial charge < -0.3 is 15.3 Å². The smallest absolute Gasteiger partial charge is 0.222 e. The number of anilines is 1. The SMILES string of the molecule is CCCNc1ncc(CN2CCCC(O)(CN(C)C)C2)cn1. The molecule has 6 heteroatoms. The number of likely N-dealkylation sites (tertiary alicyclic amines) is 1. The number of likely N-dealkylation sites (N-methyl/N-ethyl adjacent to an activating group) is 1. The Kier molecular flexibility index (Phi) is 6.11. The van der Waals surface area contributed by atoms with Crippen LogP contribution in [-0.2, 0) is 6.54 Å². The van der Waals surface area contributed by atoms with Gasteiger partial charge in [-0.1, -0.05) is 6.92 Å². The number of β-amino-alcohol motifs (C(OH)–C–C–N with tert-alkyl or cyclic N) is 1. The highest BCUT2D eigenvalue weighted by Gasteiger charge is 2.33. The van der Waals surface area contributed by atoms with Gasteiger partial charge in [-0.15, -0.1) is 0 Å². The molecule has 0 aromatic carbocycles. The number of piperidine rings is 1. The van der Waals surface area contributed by atoms with Crippen molar-refractivity contribution in [3.05, 3.63) is 18.0 Å². The fraction of sp³-hybridized carbons (Fsp3) is 0.750. The molecule has 2 N–H and O–H groups in total. The normalized spacial score (nSPS) is 23.0. The minimum absolute atomic E-state index is 0.606. The van der Waals surface area contributed by atoms with Crippen LogP contribution in [0.5, 0.6) is 0 Å². The van der Waals surface area contributed by atoms with Crippen LogP contribution in [0.1, 0.15) is 31.7 Å². The van der Waals surface area contributed by atoms with E-state index < -0.39 is 5.60 Å². The first-order valence-electron chi connectivity index (χ1n) is 8.15. The summed E-state index contributed by atoms with van der Waals surface area (Å²) in [4.78, 5) is 13.0. The summed E-state index contributed by atoms with van der Waals surface area (Å²) >= 11 is 0. The molecule has 6 nitrogen and oxygen atoms in total. The first-order chi connectivity index (χ1) is 10.5. The maximum Gasteiger partial charge on any atom is 0.222 e. The van der Waals surface area contributed by atoms with Crippen molar-refractivity contribution in [3.63, 3.8) is 0 Å². The Hall–Kier alpha value is -1.24. The highest BCUT2D eigenvalue weighted by molar-refractivity contribution is 5.24. The van der Waals surface area contributed by atoms with Crippen LogP contribution < -0.4 is 5.32 Å². The molecule has 1 aromatic rings. The standard InChI is InChI=1S/C16H29N5O/c1-4-7-17-15-18-9-14(10-19-15)11-21-8-5-6-16(22,13-21)12-20(2)3/h9-10,22H,4-8,11-13H2,1-3H3,(H,17,18,19). The summed E-state index contributed by atoms with van der Waals surface area (Å²) in [5.41, 5.74) is 0.488. The maximum atomic E-state index is 10.7. The van der Waals surface area contributed by atoms with Crippen LogP contribution >= 0.6 is 0 Å². The van der Waals surface area contributed by atoms with E-state index in [1.54, 1.807) is 0 Å². The number of hydrogen-bond donors (Lipinski definition) is 2. The molecule has 1 aliphatic rings. The van der Waals surface area contributed by atoms with E-state index in [0.717, 1.165) is 44.5 Å². The van der Waals surface area contributed by atoms with Gasteiger partial charge in [-0.3, -0.25) is 4.90 Å². The van der Waals surface area contributed by atoms with Crippen LogP contribution in [0, 0.1) is 0 Å². The molecule has 2 rings (SSSR count). The van der Waals surface area contributed by atoms with E-state index in [1.807, 2.05) is 26.5 Å². The Morgan fingerprint density at radius 1 is 1.36 bits per heavy atom. The topological polar surface area (TPSA) is 64.5 Å². The third kappa shape index (κ3) is 5.19. The molecule has 1 unspecified atom stereocenters. The average molecular weight is 307 g/mol. The first-order valence-corrected chi connectivity index (χ1v) is 8.15. The van der Waals surface area contributed by atoms with E-state index in [2.05, 4.69) is 32.0 Å². The Bertz CT molecular complexity index is 450. The van der Waals surface area contributed by atoms with Crippen molar-refractivity contribution >= 4 is 5.95 Å². The summed E-state index contributed by atoms with van der Waals surface area (Å²) < 4.78 is 0. The first kappa shape index (κ1) is 17.1. The lowest BCUT2D eigenvalue weighted by Gasteiger charge is -2.40. The molecule has 1 aliphatic heterocycles. The Morgan fingerprint density at radius 2 is 2.09 bits per heavy atom. The van der Waals surface area contributed by atoms with Crippen LogP contribution in [0.25, 0.3) is 0 Å². The monoisotopic (exact) mass is 307 g/mol. The summed E-state index contributed by atoms with van der Waals surface area (Å²) in [6.45, 7) is 6.24. The maximum absolute atomic E-state index is 10.7. The van der Waals surface area contributed by atoms with Crippen molar-refractivity contribution in [1.29, 1.82) is 0 Å². The van der Waals surface area contributed by atoms with Crippen molar-refractivity contribution in [2.24, 2.45) is 0 Å². The highest BCUT2D eigenvalue weighted by atomic mass is 16.3. The lowest BCUT2D eigenvalue weighted by atomic mass is 9.92. The minimum Gasteiger partial charge on any atom is -0.387 e. The van der Waals surface area contributed by atoms with Crippen molar-refractivity contribution in [2.45, 2.75) is 38.3 Å². The molecule has 0 saturated carbocycles. The molecule has 0 bridgehead atoms. The van der Waals surface area contributed by atoms with Crippen LogP contribution in [0.15, 0.2) is 12.4 Å². The number of nitrogens with zero attached hydrogens (tertiary/aromatic N) is 4. The number of aliphatic hydroxyl groups is 1. The van der Waals surface area contributed by atoms with Gasteiger partial charge in [0.1, 0.15) is 0 Å². The number of nitrogens with one attached hydrogen (secondary N) is 1. The molecular weight excluding hydrogens is 278 g/mol. The van der Waals surface area contributed by atoms with Gasteiger partial charge in [0.05, 0.1) is 5.60 Å². The number of aromatic nitrogens is 2. The second-order valence-corrected chi connectivity index (χ2v) is 6.62. The zero-order valence-electron chi connectivity index (χ0n) is 14.0. The molecule has 0 amide bonds. The van der Waals surface area contributed by atoms with E-state index in [9.17, 15) is 5.11 Å². The quantitative estimate of drug-likeness (QED) is 0.789. The summed E-state index contributed by atoms with van der Waals surface area (Å²) in [5.74, 6) is 0.688. The van der Waals surface area contributed by atoms with Gasteiger partial charge in [0.2, 0.25) is 5.95 Å². The minimum atomic E-state index is -0.606. The largest absolute Gasteiger partial charge is 0.387 e. The molecule has 0 aliphatic carbocycles. The fourth-order valence-corrected chi connectivity index (χ4v) is 3.08. The summed E-state index contributed by atoms with van der Waals surface area (Å²) in [5, 5.41) is 13.9. The van der Waals surface area contributed by atoms with Gasteiger partial charge >= 0.3 is 0 Å². The molecular formula is C16H29N5O. The molecule has 2 heterocycles. The number of rotatable bonds is 7. The lowest BCUT2D eigenvalue weighted by Crippen LogP contribution is -2.52. The lowest BCUT2D eigenvalue weighted by molar-refractivity contribution is -0.0480. The molecule has 124 valence electrons. The zero-order valence-corrected chi connectivity index (χ0v) is 14.0. The van der Waals surface area contributed by atoms with Crippen molar-refractivity contribution in [3.8, 4) is 0 Å². The van der Waals surface area contributed by atoms with Crippen LogP contribution in [0.2, 0.25) is 0 Å². The van der Waals surface area contributed by atoms with Gasteiger partial charge in [-0.25, -0.2) is 9.97 Å². The van der Waals surface area contributed by atoms with Crippen LogP contribution in [0.3, 0.4) is 0 Å². The predicted molar refractivity (Wildman–Crippen MR) is 88.8 cm³/mol. The van der Waals surface area contributed by atoms with Gasteiger partial charge in [-0.05, 0) is 39.9 Å².